The summed E-state index contributed by atoms with van der Waals surface area (Å²) in [5, 5.41) is 5.45. The van der Waals surface area contributed by atoms with Gasteiger partial charge in [-0.05, 0) is 29.7 Å². The SMILES string of the molecule is O=C(CC1C(=O)NCCN1Cc1ccccc1C(F)(F)F)NCCc1cccnc1. The molecule has 30 heavy (non-hydrogen) atoms. The lowest BCUT2D eigenvalue weighted by molar-refractivity contribution is -0.139. The van der Waals surface area contributed by atoms with E-state index in [1.54, 1.807) is 23.4 Å². The standard InChI is InChI=1S/C21H23F3N4O2/c22-21(23,24)17-6-2-1-5-16(17)14-28-11-10-27-20(30)18(28)12-19(29)26-9-7-15-4-3-8-25-13-15/h1-6,8,13,18H,7,9-12,14H2,(H,26,29)(H,27,30). The lowest BCUT2D eigenvalue weighted by Gasteiger charge is -2.35. The molecule has 1 aliphatic rings. The Morgan fingerprint density at radius 3 is 2.77 bits per heavy atom. The van der Waals surface area contributed by atoms with Crippen molar-refractivity contribution in [3.05, 3.63) is 65.5 Å². The summed E-state index contributed by atoms with van der Waals surface area (Å²) in [5.74, 6) is -0.678. The van der Waals surface area contributed by atoms with E-state index in [1.807, 2.05) is 6.07 Å². The molecule has 160 valence electrons. The normalized spacial score (nSPS) is 17.4. The minimum atomic E-state index is -4.48. The smallest absolute Gasteiger partial charge is 0.356 e. The van der Waals surface area contributed by atoms with E-state index >= 15 is 0 Å². The first-order valence-electron chi connectivity index (χ1n) is 9.67. The molecular formula is C21H23F3N4O2. The van der Waals surface area contributed by atoms with Crippen molar-refractivity contribution >= 4 is 11.8 Å². The van der Waals surface area contributed by atoms with Crippen molar-refractivity contribution in [2.75, 3.05) is 19.6 Å². The van der Waals surface area contributed by atoms with E-state index in [-0.39, 0.29) is 30.3 Å². The number of benzene rings is 1. The number of rotatable bonds is 7. The monoisotopic (exact) mass is 420 g/mol. The molecule has 1 saturated heterocycles. The van der Waals surface area contributed by atoms with Gasteiger partial charge < -0.3 is 10.6 Å². The molecule has 6 nitrogen and oxygen atoms in total. The molecule has 1 aromatic carbocycles. The van der Waals surface area contributed by atoms with Crippen molar-refractivity contribution in [2.45, 2.75) is 31.6 Å². The van der Waals surface area contributed by atoms with Crippen LogP contribution in [0.4, 0.5) is 13.2 Å². The molecule has 1 fully saturated rings. The second kappa shape index (κ2) is 9.71. The van der Waals surface area contributed by atoms with Crippen LogP contribution in [0.5, 0.6) is 0 Å². The van der Waals surface area contributed by atoms with Gasteiger partial charge in [-0.2, -0.15) is 13.2 Å². The minimum absolute atomic E-state index is 0.0588. The van der Waals surface area contributed by atoms with Gasteiger partial charge in [0.1, 0.15) is 0 Å². The van der Waals surface area contributed by atoms with Crippen LogP contribution in [0.3, 0.4) is 0 Å². The van der Waals surface area contributed by atoms with Gasteiger partial charge in [0, 0.05) is 38.6 Å². The molecule has 0 spiro atoms. The summed E-state index contributed by atoms with van der Waals surface area (Å²) in [4.78, 5) is 30.3. The number of nitrogens with one attached hydrogen (secondary N) is 2. The second-order valence-corrected chi connectivity index (χ2v) is 7.10. The Hall–Kier alpha value is -2.94. The Kier molecular flexibility index (Phi) is 7.04. The van der Waals surface area contributed by atoms with Gasteiger partial charge in [0.2, 0.25) is 11.8 Å². The highest BCUT2D eigenvalue weighted by atomic mass is 19.4. The molecule has 0 bridgehead atoms. The van der Waals surface area contributed by atoms with Crippen molar-refractivity contribution in [1.29, 1.82) is 0 Å². The number of halogens is 3. The molecule has 0 aliphatic carbocycles. The maximum Gasteiger partial charge on any atom is 0.416 e. The first-order chi connectivity index (χ1) is 14.3. The molecule has 0 saturated carbocycles. The van der Waals surface area contributed by atoms with Gasteiger partial charge in [-0.1, -0.05) is 24.3 Å². The minimum Gasteiger partial charge on any atom is -0.356 e. The highest BCUT2D eigenvalue weighted by Gasteiger charge is 2.36. The third-order valence-electron chi connectivity index (χ3n) is 4.98. The number of nitrogens with zero attached hydrogens (tertiary/aromatic N) is 2. The number of hydrogen-bond acceptors (Lipinski definition) is 4. The van der Waals surface area contributed by atoms with Crippen LogP contribution < -0.4 is 10.6 Å². The van der Waals surface area contributed by atoms with E-state index in [9.17, 15) is 22.8 Å². The number of carbonyl (C=O) groups is 2. The summed E-state index contributed by atoms with van der Waals surface area (Å²) in [6.07, 6.45) is -0.629. The van der Waals surface area contributed by atoms with E-state index in [2.05, 4.69) is 15.6 Å². The van der Waals surface area contributed by atoms with Gasteiger partial charge >= 0.3 is 6.18 Å². The number of amides is 2. The number of pyridine rings is 1. The summed E-state index contributed by atoms with van der Waals surface area (Å²) in [5.41, 5.74) is 0.330. The topological polar surface area (TPSA) is 74.3 Å². The van der Waals surface area contributed by atoms with Gasteiger partial charge in [-0.15, -0.1) is 0 Å². The number of hydrogen-bond donors (Lipinski definition) is 2. The highest BCUT2D eigenvalue weighted by molar-refractivity contribution is 5.88. The van der Waals surface area contributed by atoms with Crippen LogP contribution in [0.25, 0.3) is 0 Å². The molecule has 1 aromatic heterocycles. The van der Waals surface area contributed by atoms with Gasteiger partial charge in [0.15, 0.2) is 0 Å². The number of alkyl halides is 3. The number of carbonyl (C=O) groups excluding carboxylic acids is 2. The van der Waals surface area contributed by atoms with Crippen LogP contribution in [-0.2, 0) is 28.7 Å². The lowest BCUT2D eigenvalue weighted by Crippen LogP contribution is -2.56. The van der Waals surface area contributed by atoms with Crippen LogP contribution in [0, 0.1) is 0 Å². The molecule has 3 rings (SSSR count). The predicted molar refractivity (Wildman–Crippen MR) is 104 cm³/mol. The molecule has 2 heterocycles. The summed E-state index contributed by atoms with van der Waals surface area (Å²) in [7, 11) is 0. The van der Waals surface area contributed by atoms with Gasteiger partial charge in [0.25, 0.3) is 0 Å². The molecule has 0 radical (unpaired) electrons. The predicted octanol–water partition coefficient (Wildman–Crippen LogP) is 2.15. The van der Waals surface area contributed by atoms with Crippen molar-refractivity contribution in [2.24, 2.45) is 0 Å². The molecule has 1 unspecified atom stereocenters. The molecule has 2 amide bonds. The Balaban J connectivity index is 1.62. The van der Waals surface area contributed by atoms with Crippen LogP contribution in [0.2, 0.25) is 0 Å². The zero-order valence-corrected chi connectivity index (χ0v) is 16.3. The quantitative estimate of drug-likeness (QED) is 0.720. The van der Waals surface area contributed by atoms with Crippen molar-refractivity contribution in [3.63, 3.8) is 0 Å². The van der Waals surface area contributed by atoms with Crippen LogP contribution in [0.1, 0.15) is 23.1 Å². The first-order valence-corrected chi connectivity index (χ1v) is 9.67. The maximum atomic E-state index is 13.3. The zero-order chi connectivity index (χ0) is 21.6. The largest absolute Gasteiger partial charge is 0.416 e. The molecule has 2 N–H and O–H groups in total. The van der Waals surface area contributed by atoms with E-state index in [0.717, 1.165) is 11.6 Å². The Labute approximate surface area is 172 Å². The van der Waals surface area contributed by atoms with E-state index in [1.165, 1.54) is 18.2 Å². The summed E-state index contributed by atoms with van der Waals surface area (Å²) < 4.78 is 39.9. The summed E-state index contributed by atoms with van der Waals surface area (Å²) >= 11 is 0. The average molecular weight is 420 g/mol. The Morgan fingerprint density at radius 2 is 2.03 bits per heavy atom. The van der Waals surface area contributed by atoms with E-state index in [4.69, 9.17) is 0 Å². The molecule has 2 aromatic rings. The third kappa shape index (κ3) is 5.79. The fraction of sp³-hybridized carbons (Fsp3) is 0.381. The van der Waals surface area contributed by atoms with Crippen LogP contribution in [0.15, 0.2) is 48.8 Å². The Morgan fingerprint density at radius 1 is 1.23 bits per heavy atom. The average Bonchev–Trinajstić information content (AvgIpc) is 2.71. The first kappa shape index (κ1) is 21.8. The highest BCUT2D eigenvalue weighted by Crippen LogP contribution is 2.32. The molecule has 1 aliphatic heterocycles. The van der Waals surface area contributed by atoms with Gasteiger partial charge in [-0.25, -0.2) is 0 Å². The van der Waals surface area contributed by atoms with Gasteiger partial charge in [-0.3, -0.25) is 19.5 Å². The summed E-state index contributed by atoms with van der Waals surface area (Å²) in [6.45, 7) is 1.02. The maximum absolute atomic E-state index is 13.3. The zero-order valence-electron chi connectivity index (χ0n) is 16.3. The van der Waals surface area contributed by atoms with E-state index in [0.29, 0.717) is 26.1 Å². The van der Waals surface area contributed by atoms with Crippen LogP contribution >= 0.6 is 0 Å². The second-order valence-electron chi connectivity index (χ2n) is 7.10. The third-order valence-corrected chi connectivity index (χ3v) is 4.98. The van der Waals surface area contributed by atoms with Crippen molar-refractivity contribution in [3.8, 4) is 0 Å². The number of piperazine rings is 1. The Bertz CT molecular complexity index is 874. The molecule has 9 heteroatoms. The summed E-state index contributed by atoms with van der Waals surface area (Å²) in [6, 6.07) is 8.18. The van der Waals surface area contributed by atoms with Crippen LogP contribution in [-0.4, -0.2) is 47.4 Å². The number of aromatic nitrogens is 1. The fourth-order valence-corrected chi connectivity index (χ4v) is 3.47. The molecule has 1 atom stereocenters. The molecular weight excluding hydrogens is 397 g/mol. The van der Waals surface area contributed by atoms with Crippen molar-refractivity contribution in [1.82, 2.24) is 20.5 Å². The fourth-order valence-electron chi connectivity index (χ4n) is 3.47. The van der Waals surface area contributed by atoms with Crippen molar-refractivity contribution < 1.29 is 22.8 Å². The lowest BCUT2D eigenvalue weighted by atomic mass is 10.0. The van der Waals surface area contributed by atoms with E-state index < -0.39 is 17.8 Å². The van der Waals surface area contributed by atoms with Gasteiger partial charge in [0.05, 0.1) is 18.0 Å².